The topological polar surface area (TPSA) is 29.1 Å². The Morgan fingerprint density at radius 3 is 2.94 bits per heavy atom. The van der Waals surface area contributed by atoms with Crippen molar-refractivity contribution in [1.29, 1.82) is 0 Å². The van der Waals surface area contributed by atoms with E-state index in [1.165, 1.54) is 17.5 Å². The van der Waals surface area contributed by atoms with E-state index in [0.29, 0.717) is 6.42 Å². The van der Waals surface area contributed by atoms with E-state index in [-0.39, 0.29) is 5.91 Å². The zero-order valence-electron chi connectivity index (χ0n) is 10.0. The summed E-state index contributed by atoms with van der Waals surface area (Å²) in [5.41, 5.74) is 3.69. The summed E-state index contributed by atoms with van der Waals surface area (Å²) in [6, 6.07) is 6.43. The molecule has 1 atom stereocenters. The normalized spacial score (nSPS) is 16.5. The number of carbonyl (C=O) groups is 1. The number of carbonyl (C=O) groups excluding carboxylic acids is 1. The number of hydrogen-bond donors (Lipinski definition) is 1. The Morgan fingerprint density at radius 1 is 1.38 bits per heavy atom. The Kier molecular flexibility index (Phi) is 3.28. The summed E-state index contributed by atoms with van der Waals surface area (Å²) < 4.78 is 0. The Hall–Kier alpha value is -1.31. The maximum absolute atomic E-state index is 11.2. The number of benzene rings is 1. The van der Waals surface area contributed by atoms with Gasteiger partial charge in [-0.1, -0.05) is 32.4 Å². The molecule has 2 heteroatoms. The zero-order valence-corrected chi connectivity index (χ0v) is 10.0. The van der Waals surface area contributed by atoms with Gasteiger partial charge in [-0.2, -0.15) is 0 Å². The number of aryl methyl sites for hydroxylation is 1. The fourth-order valence-corrected chi connectivity index (χ4v) is 2.11. The molecular formula is C14H19NO. The van der Waals surface area contributed by atoms with E-state index in [9.17, 15) is 4.79 Å². The first-order chi connectivity index (χ1) is 7.69. The average Bonchev–Trinajstić information content (AvgIpc) is 2.29. The van der Waals surface area contributed by atoms with Gasteiger partial charge in [0.15, 0.2) is 0 Å². The minimum atomic E-state index is 0.141. The van der Waals surface area contributed by atoms with Crippen molar-refractivity contribution < 1.29 is 4.79 Å². The molecule has 1 aliphatic rings. The van der Waals surface area contributed by atoms with Gasteiger partial charge < -0.3 is 5.32 Å². The van der Waals surface area contributed by atoms with Crippen LogP contribution in [0, 0.1) is 5.92 Å². The van der Waals surface area contributed by atoms with Crippen LogP contribution in [0.5, 0.6) is 0 Å². The molecule has 0 radical (unpaired) electrons. The molecule has 1 N–H and O–H groups in total. The molecule has 1 aromatic carbocycles. The Morgan fingerprint density at radius 2 is 2.19 bits per heavy atom. The smallest absolute Gasteiger partial charge is 0.224 e. The second-order valence-electron chi connectivity index (χ2n) is 4.76. The number of anilines is 1. The van der Waals surface area contributed by atoms with Crippen molar-refractivity contribution in [3.05, 3.63) is 29.3 Å². The highest BCUT2D eigenvalue weighted by Crippen LogP contribution is 2.24. The molecule has 0 fully saturated rings. The molecular weight excluding hydrogens is 198 g/mol. The molecule has 0 spiro atoms. The lowest BCUT2D eigenvalue weighted by atomic mass is 9.94. The summed E-state index contributed by atoms with van der Waals surface area (Å²) in [6.45, 7) is 4.50. The third-order valence-electron chi connectivity index (χ3n) is 3.35. The zero-order chi connectivity index (χ0) is 11.5. The lowest BCUT2D eigenvalue weighted by Crippen LogP contribution is -2.19. The van der Waals surface area contributed by atoms with Crippen LogP contribution < -0.4 is 5.32 Å². The first kappa shape index (κ1) is 11.2. The largest absolute Gasteiger partial charge is 0.326 e. The van der Waals surface area contributed by atoms with Crippen LogP contribution in [0.3, 0.4) is 0 Å². The van der Waals surface area contributed by atoms with Crippen molar-refractivity contribution >= 4 is 11.6 Å². The number of amides is 1. The molecule has 1 aliphatic heterocycles. The first-order valence-corrected chi connectivity index (χ1v) is 6.10. The van der Waals surface area contributed by atoms with E-state index in [2.05, 4.69) is 31.3 Å². The van der Waals surface area contributed by atoms with E-state index < -0.39 is 0 Å². The lowest BCUT2D eigenvalue weighted by molar-refractivity contribution is -0.116. The third kappa shape index (κ3) is 2.43. The number of hydrogen-bond acceptors (Lipinski definition) is 1. The van der Waals surface area contributed by atoms with Crippen LogP contribution in [-0.4, -0.2) is 5.91 Å². The summed E-state index contributed by atoms with van der Waals surface area (Å²) in [5, 5.41) is 2.92. The SMILES string of the molecule is CCC(C)Cc1ccc2c(c1)CCC(=O)N2. The van der Waals surface area contributed by atoms with Gasteiger partial charge in [-0.05, 0) is 36.0 Å². The fourth-order valence-electron chi connectivity index (χ4n) is 2.11. The molecule has 0 bridgehead atoms. The quantitative estimate of drug-likeness (QED) is 0.828. The second kappa shape index (κ2) is 4.69. The Balaban J connectivity index is 2.16. The molecule has 16 heavy (non-hydrogen) atoms. The van der Waals surface area contributed by atoms with Crippen LogP contribution in [0.25, 0.3) is 0 Å². The molecule has 1 amide bonds. The van der Waals surface area contributed by atoms with E-state index >= 15 is 0 Å². The van der Waals surface area contributed by atoms with Crippen LogP contribution >= 0.6 is 0 Å². The maximum atomic E-state index is 11.2. The minimum absolute atomic E-state index is 0.141. The van der Waals surface area contributed by atoms with Crippen molar-refractivity contribution in [3.63, 3.8) is 0 Å². The van der Waals surface area contributed by atoms with Crippen LogP contribution in [-0.2, 0) is 17.6 Å². The van der Waals surface area contributed by atoms with Crippen molar-refractivity contribution in [2.24, 2.45) is 5.92 Å². The van der Waals surface area contributed by atoms with E-state index in [1.807, 2.05) is 6.07 Å². The summed E-state index contributed by atoms with van der Waals surface area (Å²) in [4.78, 5) is 11.2. The summed E-state index contributed by atoms with van der Waals surface area (Å²) >= 11 is 0. The molecule has 1 aromatic rings. The molecule has 86 valence electrons. The molecule has 1 unspecified atom stereocenters. The monoisotopic (exact) mass is 217 g/mol. The predicted octanol–water partition coefficient (Wildman–Crippen LogP) is 3.16. The molecule has 0 saturated carbocycles. The Bertz CT molecular complexity index is 398. The van der Waals surface area contributed by atoms with Gasteiger partial charge in [-0.25, -0.2) is 0 Å². The number of nitrogens with one attached hydrogen (secondary N) is 1. The lowest BCUT2D eigenvalue weighted by Gasteiger charge is -2.18. The van der Waals surface area contributed by atoms with E-state index in [4.69, 9.17) is 0 Å². The standard InChI is InChI=1S/C14H19NO/c1-3-10(2)8-11-4-6-13-12(9-11)5-7-14(16)15-13/h4,6,9-10H,3,5,7-8H2,1-2H3,(H,15,16). The first-order valence-electron chi connectivity index (χ1n) is 6.10. The minimum Gasteiger partial charge on any atom is -0.326 e. The van der Waals surface area contributed by atoms with Gasteiger partial charge in [-0.15, -0.1) is 0 Å². The average molecular weight is 217 g/mol. The maximum Gasteiger partial charge on any atom is 0.224 e. The van der Waals surface area contributed by atoms with Gasteiger partial charge in [0.05, 0.1) is 0 Å². The molecule has 2 rings (SSSR count). The summed E-state index contributed by atoms with van der Waals surface area (Å²) in [5.74, 6) is 0.874. The number of fused-ring (bicyclic) bond motifs is 1. The van der Waals surface area contributed by atoms with Crippen molar-refractivity contribution in [2.75, 3.05) is 5.32 Å². The summed E-state index contributed by atoms with van der Waals surface area (Å²) in [6.07, 6.45) is 3.86. The molecule has 2 nitrogen and oxygen atoms in total. The van der Waals surface area contributed by atoms with Crippen molar-refractivity contribution in [3.8, 4) is 0 Å². The number of rotatable bonds is 3. The summed E-state index contributed by atoms with van der Waals surface area (Å²) in [7, 11) is 0. The van der Waals surface area contributed by atoms with Gasteiger partial charge in [0.1, 0.15) is 0 Å². The second-order valence-corrected chi connectivity index (χ2v) is 4.76. The van der Waals surface area contributed by atoms with Crippen LogP contribution in [0.2, 0.25) is 0 Å². The third-order valence-corrected chi connectivity index (χ3v) is 3.35. The van der Waals surface area contributed by atoms with Crippen LogP contribution in [0.15, 0.2) is 18.2 Å². The van der Waals surface area contributed by atoms with Gasteiger partial charge in [0.2, 0.25) is 5.91 Å². The van der Waals surface area contributed by atoms with Gasteiger partial charge in [-0.3, -0.25) is 4.79 Å². The van der Waals surface area contributed by atoms with Crippen molar-refractivity contribution in [2.45, 2.75) is 39.5 Å². The molecule has 0 aliphatic carbocycles. The molecule has 1 heterocycles. The highest BCUT2D eigenvalue weighted by Gasteiger charge is 2.14. The predicted molar refractivity (Wildman–Crippen MR) is 66.6 cm³/mol. The van der Waals surface area contributed by atoms with Crippen molar-refractivity contribution in [1.82, 2.24) is 0 Å². The Labute approximate surface area is 97.1 Å². The molecule has 0 aromatic heterocycles. The highest BCUT2D eigenvalue weighted by atomic mass is 16.1. The van der Waals surface area contributed by atoms with Gasteiger partial charge in [0.25, 0.3) is 0 Å². The van der Waals surface area contributed by atoms with Crippen LogP contribution in [0.4, 0.5) is 5.69 Å². The van der Waals surface area contributed by atoms with E-state index in [1.54, 1.807) is 0 Å². The van der Waals surface area contributed by atoms with Gasteiger partial charge in [0, 0.05) is 12.1 Å². The van der Waals surface area contributed by atoms with E-state index in [0.717, 1.165) is 24.4 Å². The highest BCUT2D eigenvalue weighted by molar-refractivity contribution is 5.93. The molecule has 0 saturated heterocycles. The van der Waals surface area contributed by atoms with Crippen LogP contribution in [0.1, 0.15) is 37.8 Å². The van der Waals surface area contributed by atoms with Gasteiger partial charge >= 0.3 is 0 Å². The fraction of sp³-hybridized carbons (Fsp3) is 0.500.